The van der Waals surface area contributed by atoms with E-state index in [1.165, 1.54) is 13.0 Å². The second-order valence-electron chi connectivity index (χ2n) is 5.20. The van der Waals surface area contributed by atoms with Gasteiger partial charge < -0.3 is 4.74 Å². The smallest absolute Gasteiger partial charge is 0.308 e. The molecule has 3 rings (SSSR count). The second kappa shape index (κ2) is 6.33. The molecule has 0 aliphatic heterocycles. The van der Waals surface area contributed by atoms with Gasteiger partial charge in [0.05, 0.1) is 4.90 Å². The number of rotatable bonds is 4. The van der Waals surface area contributed by atoms with Gasteiger partial charge in [-0.1, -0.05) is 30.3 Å². The summed E-state index contributed by atoms with van der Waals surface area (Å²) >= 11 is 0. The van der Waals surface area contributed by atoms with Gasteiger partial charge in [0.1, 0.15) is 5.75 Å². The van der Waals surface area contributed by atoms with Crippen molar-refractivity contribution in [3.05, 3.63) is 66.7 Å². The Bertz CT molecular complexity index is 998. The molecule has 0 aliphatic carbocycles. The number of para-hydroxylation sites is 1. The highest BCUT2D eigenvalue weighted by Crippen LogP contribution is 2.28. The molecule has 24 heavy (non-hydrogen) atoms. The van der Waals surface area contributed by atoms with Gasteiger partial charge in [0.15, 0.2) is 0 Å². The summed E-state index contributed by atoms with van der Waals surface area (Å²) in [5.41, 5.74) is 0.492. The molecular weight excluding hydrogens is 326 g/mol. The number of nitrogens with one attached hydrogen (secondary N) is 1. The largest absolute Gasteiger partial charge is 0.426 e. The first-order valence-electron chi connectivity index (χ1n) is 7.25. The van der Waals surface area contributed by atoms with Crippen LogP contribution in [0.2, 0.25) is 0 Å². The molecule has 0 saturated heterocycles. The Labute approximate surface area is 139 Å². The molecule has 0 spiro atoms. The molecule has 5 nitrogen and oxygen atoms in total. The number of hydrogen-bond donors (Lipinski definition) is 1. The molecule has 0 heterocycles. The highest BCUT2D eigenvalue weighted by atomic mass is 32.2. The van der Waals surface area contributed by atoms with Gasteiger partial charge >= 0.3 is 5.97 Å². The van der Waals surface area contributed by atoms with Crippen LogP contribution < -0.4 is 9.46 Å². The van der Waals surface area contributed by atoms with Crippen molar-refractivity contribution in [2.75, 3.05) is 4.72 Å². The number of anilines is 1. The van der Waals surface area contributed by atoms with Crippen molar-refractivity contribution < 1.29 is 17.9 Å². The van der Waals surface area contributed by atoms with E-state index in [0.717, 1.165) is 0 Å². The molecule has 0 radical (unpaired) electrons. The summed E-state index contributed by atoms with van der Waals surface area (Å²) in [6, 6.07) is 18.5. The minimum Gasteiger partial charge on any atom is -0.426 e. The Hall–Kier alpha value is -2.86. The molecule has 0 fully saturated rings. The number of ether oxygens (including phenoxy) is 1. The Morgan fingerprint density at radius 2 is 1.71 bits per heavy atom. The number of esters is 1. The Morgan fingerprint density at radius 1 is 0.958 bits per heavy atom. The van der Waals surface area contributed by atoms with Gasteiger partial charge in [0, 0.05) is 18.0 Å². The van der Waals surface area contributed by atoms with Gasteiger partial charge in [-0.15, -0.1) is 0 Å². The van der Waals surface area contributed by atoms with Gasteiger partial charge in [-0.3, -0.25) is 9.52 Å². The molecule has 0 unspecified atom stereocenters. The third kappa shape index (κ3) is 3.38. The van der Waals surface area contributed by atoms with Crippen molar-refractivity contribution >= 4 is 32.5 Å². The Kier molecular flexibility index (Phi) is 4.22. The van der Waals surface area contributed by atoms with E-state index in [1.807, 2.05) is 6.07 Å². The minimum atomic E-state index is -3.70. The number of carbonyl (C=O) groups excluding carboxylic acids is 1. The summed E-state index contributed by atoms with van der Waals surface area (Å²) in [6.07, 6.45) is 0. The molecule has 3 aromatic carbocycles. The maximum absolute atomic E-state index is 12.5. The van der Waals surface area contributed by atoms with E-state index in [-0.39, 0.29) is 4.90 Å². The van der Waals surface area contributed by atoms with Crippen LogP contribution in [-0.4, -0.2) is 14.4 Å². The lowest BCUT2D eigenvalue weighted by molar-refractivity contribution is -0.131. The molecule has 0 aromatic heterocycles. The predicted molar refractivity (Wildman–Crippen MR) is 92.5 cm³/mol. The van der Waals surface area contributed by atoms with E-state index >= 15 is 0 Å². The normalized spacial score (nSPS) is 11.2. The van der Waals surface area contributed by atoms with Crippen LogP contribution in [0.3, 0.4) is 0 Å². The van der Waals surface area contributed by atoms with Crippen LogP contribution in [0.1, 0.15) is 6.92 Å². The maximum atomic E-state index is 12.5. The van der Waals surface area contributed by atoms with E-state index in [0.29, 0.717) is 22.2 Å². The molecule has 0 atom stereocenters. The highest BCUT2D eigenvalue weighted by Gasteiger charge is 2.15. The second-order valence-corrected chi connectivity index (χ2v) is 6.89. The van der Waals surface area contributed by atoms with E-state index in [1.54, 1.807) is 54.6 Å². The summed E-state index contributed by atoms with van der Waals surface area (Å²) in [7, 11) is -3.70. The average Bonchev–Trinajstić information content (AvgIpc) is 2.55. The van der Waals surface area contributed by atoms with Gasteiger partial charge in [-0.2, -0.15) is 0 Å². The standard InChI is InChI=1S/C18H15NO4S/c1-13(20)23-18-9-5-6-14-12-16(10-11-17(14)18)24(21,22)19-15-7-3-2-4-8-15/h2-12,19H,1H3. The molecule has 0 aliphatic rings. The quantitative estimate of drug-likeness (QED) is 0.582. The Balaban J connectivity index is 2.00. The van der Waals surface area contributed by atoms with Crippen LogP contribution in [0.4, 0.5) is 5.69 Å². The molecule has 122 valence electrons. The highest BCUT2D eigenvalue weighted by molar-refractivity contribution is 7.92. The molecule has 0 bridgehead atoms. The van der Waals surface area contributed by atoms with Gasteiger partial charge in [0.2, 0.25) is 0 Å². The third-order valence-electron chi connectivity index (χ3n) is 3.40. The van der Waals surface area contributed by atoms with Crippen molar-refractivity contribution in [2.24, 2.45) is 0 Å². The van der Waals surface area contributed by atoms with E-state index in [2.05, 4.69) is 4.72 Å². The molecule has 6 heteroatoms. The van der Waals surface area contributed by atoms with Crippen molar-refractivity contribution in [2.45, 2.75) is 11.8 Å². The van der Waals surface area contributed by atoms with E-state index in [4.69, 9.17) is 4.74 Å². The van der Waals surface area contributed by atoms with Crippen LogP contribution in [0.5, 0.6) is 5.75 Å². The van der Waals surface area contributed by atoms with Crippen molar-refractivity contribution in [3.63, 3.8) is 0 Å². The number of carbonyl (C=O) groups is 1. The maximum Gasteiger partial charge on any atom is 0.308 e. The van der Waals surface area contributed by atoms with E-state index < -0.39 is 16.0 Å². The summed E-state index contributed by atoms with van der Waals surface area (Å²) in [5, 5.41) is 1.34. The van der Waals surface area contributed by atoms with Gasteiger partial charge in [0.25, 0.3) is 10.0 Å². The lowest BCUT2D eigenvalue weighted by atomic mass is 10.1. The third-order valence-corrected chi connectivity index (χ3v) is 4.78. The SMILES string of the molecule is CC(=O)Oc1cccc2cc(S(=O)(=O)Nc3ccccc3)ccc12. The first kappa shape index (κ1) is 16.0. The van der Waals surface area contributed by atoms with Crippen molar-refractivity contribution in [1.82, 2.24) is 0 Å². The van der Waals surface area contributed by atoms with Crippen molar-refractivity contribution in [3.8, 4) is 5.75 Å². The zero-order valence-corrected chi connectivity index (χ0v) is 13.7. The van der Waals surface area contributed by atoms with Gasteiger partial charge in [-0.05, 0) is 41.8 Å². The number of hydrogen-bond acceptors (Lipinski definition) is 4. The lowest BCUT2D eigenvalue weighted by Gasteiger charge is -2.10. The lowest BCUT2D eigenvalue weighted by Crippen LogP contribution is -2.12. The Morgan fingerprint density at radius 3 is 2.42 bits per heavy atom. The monoisotopic (exact) mass is 341 g/mol. The molecule has 0 amide bonds. The molecule has 0 saturated carbocycles. The molecule has 1 N–H and O–H groups in total. The summed E-state index contributed by atoms with van der Waals surface area (Å²) in [4.78, 5) is 11.3. The summed E-state index contributed by atoms with van der Waals surface area (Å²) < 4.78 is 32.7. The number of benzene rings is 3. The van der Waals surface area contributed by atoms with Crippen LogP contribution in [-0.2, 0) is 14.8 Å². The average molecular weight is 341 g/mol. The van der Waals surface area contributed by atoms with Crippen LogP contribution in [0.25, 0.3) is 10.8 Å². The minimum absolute atomic E-state index is 0.138. The predicted octanol–water partition coefficient (Wildman–Crippen LogP) is 3.57. The van der Waals surface area contributed by atoms with Gasteiger partial charge in [-0.25, -0.2) is 8.42 Å². The number of fused-ring (bicyclic) bond motifs is 1. The van der Waals surface area contributed by atoms with Crippen LogP contribution in [0, 0.1) is 0 Å². The molecular formula is C18H15NO4S. The van der Waals surface area contributed by atoms with Crippen LogP contribution >= 0.6 is 0 Å². The first-order valence-corrected chi connectivity index (χ1v) is 8.73. The van der Waals surface area contributed by atoms with E-state index in [9.17, 15) is 13.2 Å². The summed E-state index contributed by atoms with van der Waals surface area (Å²) in [6.45, 7) is 1.32. The van der Waals surface area contributed by atoms with Crippen molar-refractivity contribution in [1.29, 1.82) is 0 Å². The summed E-state index contributed by atoms with van der Waals surface area (Å²) in [5.74, 6) is -0.0232. The zero-order valence-electron chi connectivity index (χ0n) is 12.9. The fourth-order valence-corrected chi connectivity index (χ4v) is 3.46. The van der Waals surface area contributed by atoms with Crippen LogP contribution in [0.15, 0.2) is 71.6 Å². The first-order chi connectivity index (χ1) is 11.5. The molecule has 3 aromatic rings. The fraction of sp³-hybridized carbons (Fsp3) is 0.0556. The number of sulfonamides is 1. The zero-order chi connectivity index (χ0) is 17.2. The topological polar surface area (TPSA) is 72.5 Å². The fourth-order valence-electron chi connectivity index (χ4n) is 2.36.